The van der Waals surface area contributed by atoms with E-state index >= 15 is 0 Å². The molecule has 0 atom stereocenters. The van der Waals surface area contributed by atoms with Gasteiger partial charge in [-0.25, -0.2) is 4.98 Å². The first-order valence-electron chi connectivity index (χ1n) is 5.05. The van der Waals surface area contributed by atoms with Crippen LogP contribution >= 0.6 is 0 Å². The van der Waals surface area contributed by atoms with E-state index in [-0.39, 0.29) is 0 Å². The Balaban J connectivity index is 2.46. The topological polar surface area (TPSA) is 62.8 Å². The summed E-state index contributed by atoms with van der Waals surface area (Å²) in [5.41, 5.74) is 8.73. The van der Waals surface area contributed by atoms with Gasteiger partial charge in [0.15, 0.2) is 0 Å². The molecule has 0 fully saturated rings. The van der Waals surface area contributed by atoms with Crippen LogP contribution in [0.25, 0.3) is 0 Å². The maximum absolute atomic E-state index is 8.09. The van der Waals surface area contributed by atoms with Crippen molar-refractivity contribution in [2.24, 2.45) is 0 Å². The van der Waals surface area contributed by atoms with Crippen LogP contribution in [0.2, 0.25) is 0 Å². The van der Waals surface area contributed by atoms with Crippen LogP contribution in [0.5, 0.6) is 0 Å². The third-order valence-corrected chi connectivity index (χ3v) is 2.39. The summed E-state index contributed by atoms with van der Waals surface area (Å²) in [5.74, 6) is 0.402. The Bertz CT molecular complexity index is 518. The molecule has 1 heterocycles. The summed E-state index contributed by atoms with van der Waals surface area (Å²) < 4.78 is 0. The molecule has 0 unspecified atom stereocenters. The molecule has 2 rings (SSSR count). The highest BCUT2D eigenvalue weighted by atomic mass is 14.8. The number of hydrogen-bond donors (Lipinski definition) is 2. The molecule has 0 spiro atoms. The summed E-state index contributed by atoms with van der Waals surface area (Å²) in [6, 6.07) is 11.4. The minimum atomic E-state index is 0.402. The van der Waals surface area contributed by atoms with Gasteiger partial charge in [-0.3, -0.25) is 5.41 Å². The molecule has 3 N–H and O–H groups in total. The van der Waals surface area contributed by atoms with Crippen LogP contribution in [-0.2, 0) is 0 Å². The normalized spacial score (nSPS) is 10.1. The second-order valence-corrected chi connectivity index (χ2v) is 3.69. The Morgan fingerprint density at radius 3 is 2.62 bits per heavy atom. The minimum Gasteiger partial charge on any atom is -0.383 e. The molecule has 80 valence electrons. The number of nitrogens with one attached hydrogen (secondary N) is 1. The van der Waals surface area contributed by atoms with Crippen LogP contribution < -0.4 is 5.73 Å². The number of benzene rings is 1. The summed E-state index contributed by atoms with van der Waals surface area (Å²) in [5, 5.41) is 8.09. The smallest absolute Gasteiger partial charge is 0.132 e. The number of aromatic nitrogens is 1. The SMILES string of the molecule is Cc1cnc(N)c(C(=N)c2ccccc2)c1. The van der Waals surface area contributed by atoms with Crippen LogP contribution in [0.1, 0.15) is 16.7 Å². The van der Waals surface area contributed by atoms with Gasteiger partial charge in [0, 0.05) is 17.3 Å². The van der Waals surface area contributed by atoms with E-state index < -0.39 is 0 Å². The number of rotatable bonds is 2. The Labute approximate surface area is 94.5 Å². The van der Waals surface area contributed by atoms with Crippen molar-refractivity contribution >= 4 is 11.5 Å². The van der Waals surface area contributed by atoms with Crippen molar-refractivity contribution in [3.05, 3.63) is 59.3 Å². The molecule has 0 bridgehead atoms. The van der Waals surface area contributed by atoms with Crippen molar-refractivity contribution in [3.63, 3.8) is 0 Å². The van der Waals surface area contributed by atoms with Crippen molar-refractivity contribution in [2.75, 3.05) is 5.73 Å². The molecule has 0 aliphatic rings. The predicted octanol–water partition coefficient (Wildman–Crippen LogP) is 2.39. The lowest BCUT2D eigenvalue weighted by Gasteiger charge is -2.07. The first kappa shape index (κ1) is 10.4. The molecule has 3 heteroatoms. The largest absolute Gasteiger partial charge is 0.383 e. The molecule has 0 aliphatic heterocycles. The predicted molar refractivity (Wildman–Crippen MR) is 65.8 cm³/mol. The lowest BCUT2D eigenvalue weighted by Crippen LogP contribution is -2.07. The van der Waals surface area contributed by atoms with Gasteiger partial charge in [-0.1, -0.05) is 30.3 Å². The summed E-state index contributed by atoms with van der Waals surface area (Å²) in [6.45, 7) is 1.94. The van der Waals surface area contributed by atoms with Gasteiger partial charge in [0.1, 0.15) is 5.82 Å². The molecule has 0 amide bonds. The van der Waals surface area contributed by atoms with Crippen molar-refractivity contribution < 1.29 is 0 Å². The number of anilines is 1. The Morgan fingerprint density at radius 1 is 1.25 bits per heavy atom. The molecule has 1 aromatic heterocycles. The maximum Gasteiger partial charge on any atom is 0.132 e. The Hall–Kier alpha value is -2.16. The van der Waals surface area contributed by atoms with Crippen LogP contribution in [0.3, 0.4) is 0 Å². The van der Waals surface area contributed by atoms with Gasteiger partial charge in [-0.2, -0.15) is 0 Å². The second-order valence-electron chi connectivity index (χ2n) is 3.69. The Morgan fingerprint density at radius 2 is 1.94 bits per heavy atom. The van der Waals surface area contributed by atoms with E-state index in [4.69, 9.17) is 11.1 Å². The van der Waals surface area contributed by atoms with Crippen LogP contribution in [-0.4, -0.2) is 10.7 Å². The summed E-state index contributed by atoms with van der Waals surface area (Å²) in [6.07, 6.45) is 1.71. The molecule has 3 nitrogen and oxygen atoms in total. The lowest BCUT2D eigenvalue weighted by molar-refractivity contribution is 1.26. The first-order chi connectivity index (χ1) is 7.68. The lowest BCUT2D eigenvalue weighted by atomic mass is 10.0. The molecule has 1 aromatic carbocycles. The second kappa shape index (κ2) is 4.14. The van der Waals surface area contributed by atoms with Crippen LogP contribution in [0, 0.1) is 12.3 Å². The highest BCUT2D eigenvalue weighted by Gasteiger charge is 2.08. The van der Waals surface area contributed by atoms with Gasteiger partial charge >= 0.3 is 0 Å². The van der Waals surface area contributed by atoms with Gasteiger partial charge in [-0.15, -0.1) is 0 Å². The molecule has 2 aromatic rings. The number of pyridine rings is 1. The summed E-state index contributed by atoms with van der Waals surface area (Å²) >= 11 is 0. The maximum atomic E-state index is 8.09. The van der Waals surface area contributed by atoms with Crippen molar-refractivity contribution in [3.8, 4) is 0 Å². The van der Waals surface area contributed by atoms with E-state index in [1.165, 1.54) is 0 Å². The molecular formula is C13H13N3. The molecule has 0 radical (unpaired) electrons. The van der Waals surface area contributed by atoms with Crippen molar-refractivity contribution in [1.82, 2.24) is 4.98 Å². The van der Waals surface area contributed by atoms with Crippen LogP contribution in [0.15, 0.2) is 42.6 Å². The number of nitrogens with zero attached hydrogens (tertiary/aromatic N) is 1. The summed E-state index contributed by atoms with van der Waals surface area (Å²) in [7, 11) is 0. The van der Waals surface area contributed by atoms with E-state index in [0.29, 0.717) is 17.1 Å². The van der Waals surface area contributed by atoms with E-state index in [9.17, 15) is 0 Å². The highest BCUT2D eigenvalue weighted by Crippen LogP contribution is 2.15. The van der Waals surface area contributed by atoms with E-state index in [2.05, 4.69) is 4.98 Å². The number of aryl methyl sites for hydroxylation is 1. The van der Waals surface area contributed by atoms with Gasteiger partial charge in [-0.05, 0) is 18.6 Å². The number of hydrogen-bond acceptors (Lipinski definition) is 3. The monoisotopic (exact) mass is 211 g/mol. The average Bonchev–Trinajstić information content (AvgIpc) is 2.32. The molecule has 0 saturated carbocycles. The first-order valence-corrected chi connectivity index (χ1v) is 5.05. The third kappa shape index (κ3) is 1.93. The van der Waals surface area contributed by atoms with Crippen LogP contribution in [0.4, 0.5) is 5.82 Å². The van der Waals surface area contributed by atoms with Gasteiger partial charge < -0.3 is 5.73 Å². The fraction of sp³-hybridized carbons (Fsp3) is 0.0769. The quantitative estimate of drug-likeness (QED) is 0.749. The molecule has 0 saturated heterocycles. The molecule has 0 aliphatic carbocycles. The van der Waals surface area contributed by atoms with E-state index in [1.807, 2.05) is 43.3 Å². The highest BCUT2D eigenvalue weighted by molar-refractivity contribution is 6.13. The van der Waals surface area contributed by atoms with E-state index in [1.54, 1.807) is 6.20 Å². The average molecular weight is 211 g/mol. The molecular weight excluding hydrogens is 198 g/mol. The minimum absolute atomic E-state index is 0.402. The zero-order chi connectivity index (χ0) is 11.5. The zero-order valence-electron chi connectivity index (χ0n) is 9.07. The van der Waals surface area contributed by atoms with Gasteiger partial charge in [0.25, 0.3) is 0 Å². The standard InChI is InChI=1S/C13H13N3/c1-9-7-11(13(15)16-8-9)12(14)10-5-3-2-4-6-10/h2-8,14H,1H3,(H2,15,16). The zero-order valence-corrected chi connectivity index (χ0v) is 9.07. The summed E-state index contributed by atoms with van der Waals surface area (Å²) in [4.78, 5) is 4.06. The third-order valence-electron chi connectivity index (χ3n) is 2.39. The Kier molecular flexibility index (Phi) is 2.68. The number of nitrogen functional groups attached to an aromatic ring is 1. The number of nitrogens with two attached hydrogens (primary N) is 1. The van der Waals surface area contributed by atoms with Crippen molar-refractivity contribution in [2.45, 2.75) is 6.92 Å². The fourth-order valence-electron chi connectivity index (χ4n) is 1.54. The van der Waals surface area contributed by atoms with Gasteiger partial charge in [0.05, 0.1) is 5.71 Å². The fourth-order valence-corrected chi connectivity index (χ4v) is 1.54. The van der Waals surface area contributed by atoms with Crippen molar-refractivity contribution in [1.29, 1.82) is 5.41 Å². The van der Waals surface area contributed by atoms with E-state index in [0.717, 1.165) is 11.1 Å². The van der Waals surface area contributed by atoms with Gasteiger partial charge in [0.2, 0.25) is 0 Å². The molecule has 16 heavy (non-hydrogen) atoms.